The van der Waals surface area contributed by atoms with E-state index < -0.39 is 24.2 Å². The summed E-state index contributed by atoms with van der Waals surface area (Å²) >= 11 is 0. The number of carbonyl (C=O) groups excluding carboxylic acids is 1. The van der Waals surface area contributed by atoms with Gasteiger partial charge in [0, 0.05) is 0 Å². The van der Waals surface area contributed by atoms with Crippen molar-refractivity contribution in [3.05, 3.63) is 12.2 Å². The highest BCUT2D eigenvalue weighted by molar-refractivity contribution is 5.80. The van der Waals surface area contributed by atoms with Crippen molar-refractivity contribution in [1.82, 2.24) is 5.32 Å². The Labute approximate surface area is 274 Å². The summed E-state index contributed by atoms with van der Waals surface area (Å²) in [5.41, 5.74) is 0. The summed E-state index contributed by atoms with van der Waals surface area (Å²) in [4.78, 5) is 12.3. The SMILES string of the molecule is CCCCCCCCCCCCCCCCCCCCC/C=C/C(O)C(CO)NC(=O)C(O)CCCCCCCCCCC. The Hall–Kier alpha value is -0.910. The number of aliphatic hydroxyl groups is 3. The number of nitrogens with one attached hydrogen (secondary N) is 1. The number of hydrogen-bond donors (Lipinski definition) is 4. The molecule has 0 bridgehead atoms. The van der Waals surface area contributed by atoms with Gasteiger partial charge in [-0.2, -0.15) is 0 Å². The molecule has 0 spiro atoms. The largest absolute Gasteiger partial charge is 0.394 e. The molecule has 0 heterocycles. The smallest absolute Gasteiger partial charge is 0.249 e. The maximum atomic E-state index is 12.3. The summed E-state index contributed by atoms with van der Waals surface area (Å²) in [5.74, 6) is -0.505. The Morgan fingerprint density at radius 2 is 0.886 bits per heavy atom. The van der Waals surface area contributed by atoms with Crippen molar-refractivity contribution in [1.29, 1.82) is 0 Å². The lowest BCUT2D eigenvalue weighted by Crippen LogP contribution is -2.48. The highest BCUT2D eigenvalue weighted by Gasteiger charge is 2.22. The van der Waals surface area contributed by atoms with Gasteiger partial charge in [0.25, 0.3) is 0 Å². The van der Waals surface area contributed by atoms with Crippen molar-refractivity contribution in [3.63, 3.8) is 0 Å². The number of amides is 1. The Balaban J connectivity index is 3.64. The summed E-state index contributed by atoms with van der Waals surface area (Å²) in [6.07, 6.45) is 39.6. The molecule has 44 heavy (non-hydrogen) atoms. The summed E-state index contributed by atoms with van der Waals surface area (Å²) in [7, 11) is 0. The molecule has 0 aromatic heterocycles. The van der Waals surface area contributed by atoms with Crippen LogP contribution < -0.4 is 5.32 Å². The van der Waals surface area contributed by atoms with E-state index in [1.165, 1.54) is 154 Å². The Kier molecular flexibility index (Phi) is 34.2. The molecule has 262 valence electrons. The van der Waals surface area contributed by atoms with Gasteiger partial charge in [-0.15, -0.1) is 0 Å². The summed E-state index contributed by atoms with van der Waals surface area (Å²) in [6.45, 7) is 4.15. The fourth-order valence-corrected chi connectivity index (χ4v) is 6.01. The van der Waals surface area contributed by atoms with Crippen LogP contribution in [0, 0.1) is 0 Å². The second-order valence-corrected chi connectivity index (χ2v) is 13.5. The lowest BCUT2D eigenvalue weighted by atomic mass is 10.0. The first-order valence-electron chi connectivity index (χ1n) is 19.5. The average molecular weight is 624 g/mol. The molecule has 4 N–H and O–H groups in total. The maximum Gasteiger partial charge on any atom is 0.249 e. The monoisotopic (exact) mass is 624 g/mol. The molecule has 0 radical (unpaired) electrons. The molecular weight excluding hydrogens is 546 g/mol. The molecule has 1 amide bonds. The number of allylic oxidation sites excluding steroid dienone is 1. The Bertz CT molecular complexity index is 611. The van der Waals surface area contributed by atoms with E-state index in [1.54, 1.807) is 6.08 Å². The first-order valence-corrected chi connectivity index (χ1v) is 19.5. The van der Waals surface area contributed by atoms with Gasteiger partial charge in [-0.1, -0.05) is 199 Å². The van der Waals surface area contributed by atoms with Gasteiger partial charge in [-0.25, -0.2) is 0 Å². The van der Waals surface area contributed by atoms with Gasteiger partial charge < -0.3 is 20.6 Å². The number of hydrogen-bond acceptors (Lipinski definition) is 4. The summed E-state index contributed by atoms with van der Waals surface area (Å²) < 4.78 is 0. The number of carbonyl (C=O) groups is 1. The van der Waals surface area contributed by atoms with Crippen molar-refractivity contribution in [3.8, 4) is 0 Å². The standard InChI is InChI=1S/C39H77NO4/c1-3-5-7-9-11-13-14-15-16-17-18-19-20-21-22-23-24-26-27-29-31-33-37(42)36(35-41)40-39(44)38(43)34-32-30-28-25-12-10-8-6-4-2/h31,33,36-38,41-43H,3-30,32,34-35H2,1-2H3,(H,40,44)/b33-31+. The average Bonchev–Trinajstić information content (AvgIpc) is 3.03. The highest BCUT2D eigenvalue weighted by Crippen LogP contribution is 2.15. The molecule has 0 saturated carbocycles. The molecule has 5 heteroatoms. The quantitative estimate of drug-likeness (QED) is 0.0418. The molecule has 0 aromatic carbocycles. The normalized spacial score (nSPS) is 13.8. The van der Waals surface area contributed by atoms with Crippen LogP contribution >= 0.6 is 0 Å². The molecular formula is C39H77NO4. The zero-order valence-corrected chi connectivity index (χ0v) is 29.6. The third-order valence-electron chi connectivity index (χ3n) is 9.13. The van der Waals surface area contributed by atoms with Crippen molar-refractivity contribution in [2.24, 2.45) is 0 Å². The van der Waals surface area contributed by atoms with Crippen LogP contribution in [0.5, 0.6) is 0 Å². The predicted molar refractivity (Wildman–Crippen MR) is 190 cm³/mol. The molecule has 3 unspecified atom stereocenters. The van der Waals surface area contributed by atoms with Crippen molar-refractivity contribution < 1.29 is 20.1 Å². The fraction of sp³-hybridized carbons (Fsp3) is 0.923. The van der Waals surface area contributed by atoms with E-state index in [1.807, 2.05) is 6.08 Å². The predicted octanol–water partition coefficient (Wildman–Crippen LogP) is 10.5. The van der Waals surface area contributed by atoms with Crippen molar-refractivity contribution >= 4 is 5.91 Å². The Morgan fingerprint density at radius 1 is 0.545 bits per heavy atom. The van der Waals surface area contributed by atoms with Crippen molar-refractivity contribution in [2.45, 2.75) is 225 Å². The molecule has 0 fully saturated rings. The topological polar surface area (TPSA) is 89.8 Å². The van der Waals surface area contributed by atoms with Crippen LogP contribution in [0.3, 0.4) is 0 Å². The van der Waals surface area contributed by atoms with Gasteiger partial charge in [-0.05, 0) is 19.3 Å². The fourth-order valence-electron chi connectivity index (χ4n) is 6.01. The molecule has 3 atom stereocenters. The van der Waals surface area contributed by atoms with Gasteiger partial charge in [0.05, 0.1) is 18.8 Å². The van der Waals surface area contributed by atoms with Gasteiger partial charge in [0.1, 0.15) is 6.10 Å². The van der Waals surface area contributed by atoms with Crippen molar-refractivity contribution in [2.75, 3.05) is 6.61 Å². The number of unbranched alkanes of at least 4 members (excludes halogenated alkanes) is 27. The van der Waals surface area contributed by atoms with E-state index in [9.17, 15) is 20.1 Å². The molecule has 0 aliphatic rings. The van der Waals surface area contributed by atoms with Crippen LogP contribution in [0.25, 0.3) is 0 Å². The summed E-state index contributed by atoms with van der Waals surface area (Å²) in [5, 5.41) is 32.9. The minimum absolute atomic E-state index is 0.360. The van der Waals surface area contributed by atoms with E-state index in [2.05, 4.69) is 19.2 Å². The van der Waals surface area contributed by atoms with Gasteiger partial charge >= 0.3 is 0 Å². The molecule has 0 rings (SSSR count). The first-order chi connectivity index (χ1) is 21.6. The molecule has 5 nitrogen and oxygen atoms in total. The van der Waals surface area contributed by atoms with E-state index in [0.717, 1.165) is 32.1 Å². The zero-order valence-electron chi connectivity index (χ0n) is 29.6. The molecule has 0 aromatic rings. The second-order valence-electron chi connectivity index (χ2n) is 13.5. The van der Waals surface area contributed by atoms with Crippen LogP contribution in [0.1, 0.15) is 206 Å². The van der Waals surface area contributed by atoms with Crippen LogP contribution in [-0.4, -0.2) is 46.1 Å². The maximum absolute atomic E-state index is 12.3. The zero-order chi connectivity index (χ0) is 32.4. The van der Waals surface area contributed by atoms with Gasteiger partial charge in [0.2, 0.25) is 5.91 Å². The van der Waals surface area contributed by atoms with E-state index in [0.29, 0.717) is 6.42 Å². The van der Waals surface area contributed by atoms with Gasteiger partial charge in [0.15, 0.2) is 0 Å². The Morgan fingerprint density at radius 3 is 1.25 bits per heavy atom. The first kappa shape index (κ1) is 43.1. The molecule has 0 aliphatic heterocycles. The molecule has 0 aliphatic carbocycles. The lowest BCUT2D eigenvalue weighted by molar-refractivity contribution is -0.131. The van der Waals surface area contributed by atoms with Crippen LogP contribution in [0.15, 0.2) is 12.2 Å². The number of aliphatic hydroxyl groups excluding tert-OH is 3. The number of rotatable bonds is 35. The van der Waals surface area contributed by atoms with Crippen LogP contribution in [0.2, 0.25) is 0 Å². The minimum Gasteiger partial charge on any atom is -0.394 e. The van der Waals surface area contributed by atoms with E-state index in [-0.39, 0.29) is 6.61 Å². The third kappa shape index (κ3) is 29.8. The van der Waals surface area contributed by atoms with E-state index in [4.69, 9.17) is 0 Å². The van der Waals surface area contributed by atoms with Gasteiger partial charge in [-0.3, -0.25) is 4.79 Å². The highest BCUT2D eigenvalue weighted by atomic mass is 16.3. The van der Waals surface area contributed by atoms with Crippen LogP contribution in [-0.2, 0) is 4.79 Å². The van der Waals surface area contributed by atoms with E-state index >= 15 is 0 Å². The minimum atomic E-state index is -1.09. The molecule has 0 saturated heterocycles. The lowest BCUT2D eigenvalue weighted by Gasteiger charge is -2.21. The third-order valence-corrected chi connectivity index (χ3v) is 9.13. The second kappa shape index (κ2) is 35.0. The van der Waals surface area contributed by atoms with Crippen LogP contribution in [0.4, 0.5) is 0 Å². The summed E-state index contributed by atoms with van der Waals surface area (Å²) in [6, 6.07) is -0.790.